The number of ether oxygens (including phenoxy) is 1. The van der Waals surface area contributed by atoms with Gasteiger partial charge in [-0.25, -0.2) is 4.39 Å². The van der Waals surface area contributed by atoms with Crippen LogP contribution >= 0.6 is 11.6 Å². The van der Waals surface area contributed by atoms with Gasteiger partial charge in [-0.05, 0) is 32.2 Å². The lowest BCUT2D eigenvalue weighted by atomic mass is 9.92. The largest absolute Gasteiger partial charge is 0.485 e. The molecule has 21 heavy (non-hydrogen) atoms. The molecule has 0 aromatic heterocycles. The molecular weight excluding hydrogens is 289 g/mol. The van der Waals surface area contributed by atoms with Crippen molar-refractivity contribution >= 4 is 11.6 Å². The predicted molar refractivity (Wildman–Crippen MR) is 82.4 cm³/mol. The molecule has 2 atom stereocenters. The summed E-state index contributed by atoms with van der Waals surface area (Å²) >= 11 is 5.82. The van der Waals surface area contributed by atoms with Crippen molar-refractivity contribution in [3.63, 3.8) is 0 Å². The van der Waals surface area contributed by atoms with Crippen LogP contribution in [0.1, 0.15) is 35.3 Å². The number of nitrogens with one attached hydrogen (secondary N) is 1. The first-order valence-corrected chi connectivity index (χ1v) is 7.35. The van der Waals surface area contributed by atoms with Crippen LogP contribution in [0.5, 0.6) is 5.75 Å². The third-order valence-corrected chi connectivity index (χ3v) is 4.15. The molecule has 0 aliphatic carbocycles. The number of halogens is 2. The van der Waals surface area contributed by atoms with Crippen LogP contribution in [0.2, 0.25) is 5.02 Å². The van der Waals surface area contributed by atoms with Crippen LogP contribution in [0.25, 0.3) is 0 Å². The molecule has 2 nitrogen and oxygen atoms in total. The Morgan fingerprint density at radius 1 is 1.19 bits per heavy atom. The van der Waals surface area contributed by atoms with Crippen molar-refractivity contribution in [2.45, 2.75) is 25.5 Å². The molecule has 2 aromatic carbocycles. The molecule has 0 radical (unpaired) electrons. The van der Waals surface area contributed by atoms with E-state index in [4.69, 9.17) is 16.3 Å². The van der Waals surface area contributed by atoms with Crippen molar-refractivity contribution < 1.29 is 9.13 Å². The fourth-order valence-electron chi connectivity index (χ4n) is 2.82. The van der Waals surface area contributed by atoms with E-state index in [0.29, 0.717) is 17.0 Å². The van der Waals surface area contributed by atoms with E-state index in [9.17, 15) is 4.39 Å². The highest BCUT2D eigenvalue weighted by Gasteiger charge is 2.30. The van der Waals surface area contributed by atoms with Crippen molar-refractivity contribution in [2.75, 3.05) is 7.05 Å². The van der Waals surface area contributed by atoms with E-state index in [1.165, 1.54) is 11.6 Å². The second-order valence-electron chi connectivity index (χ2n) is 5.39. The van der Waals surface area contributed by atoms with E-state index in [-0.39, 0.29) is 18.0 Å². The lowest BCUT2D eigenvalue weighted by Gasteiger charge is -2.32. The zero-order valence-corrected chi connectivity index (χ0v) is 12.7. The number of benzene rings is 2. The molecule has 4 heteroatoms. The van der Waals surface area contributed by atoms with Gasteiger partial charge in [0.25, 0.3) is 0 Å². The minimum Gasteiger partial charge on any atom is -0.485 e. The number of rotatable bonds is 2. The van der Waals surface area contributed by atoms with Gasteiger partial charge in [0.15, 0.2) is 0 Å². The van der Waals surface area contributed by atoms with Gasteiger partial charge in [-0.2, -0.15) is 0 Å². The van der Waals surface area contributed by atoms with Gasteiger partial charge in [-0.15, -0.1) is 0 Å². The fourth-order valence-corrected chi connectivity index (χ4v) is 2.98. The van der Waals surface area contributed by atoms with Crippen LogP contribution in [0.4, 0.5) is 4.39 Å². The van der Waals surface area contributed by atoms with E-state index >= 15 is 0 Å². The van der Waals surface area contributed by atoms with Gasteiger partial charge in [-0.3, -0.25) is 0 Å². The SMILES string of the molecule is CNC1CC(c2ccc(Cl)cc2F)Oc2ccc(C)cc21. The molecule has 0 saturated heterocycles. The van der Waals surface area contributed by atoms with E-state index in [0.717, 1.165) is 11.3 Å². The zero-order chi connectivity index (χ0) is 15.0. The van der Waals surface area contributed by atoms with E-state index in [2.05, 4.69) is 18.3 Å². The van der Waals surface area contributed by atoms with Gasteiger partial charge in [0.1, 0.15) is 17.7 Å². The molecule has 0 bridgehead atoms. The van der Waals surface area contributed by atoms with Crippen molar-refractivity contribution in [3.8, 4) is 5.75 Å². The smallest absolute Gasteiger partial charge is 0.131 e. The van der Waals surface area contributed by atoms with Crippen molar-refractivity contribution in [3.05, 3.63) is 63.9 Å². The summed E-state index contributed by atoms with van der Waals surface area (Å²) in [6.07, 6.45) is 0.376. The number of hydrogen-bond acceptors (Lipinski definition) is 2. The van der Waals surface area contributed by atoms with Gasteiger partial charge in [0, 0.05) is 28.6 Å². The Bertz CT molecular complexity index is 674. The Morgan fingerprint density at radius 3 is 2.71 bits per heavy atom. The monoisotopic (exact) mass is 305 g/mol. The Morgan fingerprint density at radius 2 is 2.00 bits per heavy atom. The summed E-state index contributed by atoms with van der Waals surface area (Å²) in [6.45, 7) is 2.05. The van der Waals surface area contributed by atoms with Gasteiger partial charge in [0.05, 0.1) is 0 Å². The average molecular weight is 306 g/mol. The summed E-state index contributed by atoms with van der Waals surface area (Å²) < 4.78 is 20.1. The van der Waals surface area contributed by atoms with Gasteiger partial charge in [-0.1, -0.05) is 35.4 Å². The predicted octanol–water partition coefficient (Wildman–Crippen LogP) is 4.57. The first-order chi connectivity index (χ1) is 10.1. The fraction of sp³-hybridized carbons (Fsp3) is 0.294. The van der Waals surface area contributed by atoms with Crippen LogP contribution in [0, 0.1) is 12.7 Å². The highest BCUT2D eigenvalue weighted by molar-refractivity contribution is 6.30. The molecule has 1 aliphatic heterocycles. The maximum Gasteiger partial charge on any atom is 0.131 e. The summed E-state index contributed by atoms with van der Waals surface area (Å²) in [5.41, 5.74) is 2.86. The lowest BCUT2D eigenvalue weighted by Crippen LogP contribution is -2.27. The van der Waals surface area contributed by atoms with Crippen LogP contribution in [-0.4, -0.2) is 7.05 Å². The molecule has 110 valence electrons. The van der Waals surface area contributed by atoms with Crippen LogP contribution < -0.4 is 10.1 Å². The van der Waals surface area contributed by atoms with Crippen molar-refractivity contribution in [2.24, 2.45) is 0 Å². The second-order valence-corrected chi connectivity index (χ2v) is 5.83. The normalized spacial score (nSPS) is 20.8. The minimum absolute atomic E-state index is 0.147. The molecule has 0 fully saturated rings. The Labute approximate surface area is 128 Å². The molecular formula is C17H17ClFNO. The Balaban J connectivity index is 1.98. The average Bonchev–Trinajstić information content (AvgIpc) is 2.46. The standard InChI is InChI=1S/C17H17ClFNO/c1-10-3-6-16-13(7-10)15(20-2)9-17(21-16)12-5-4-11(18)8-14(12)19/h3-8,15,17,20H,9H2,1-2H3. The first-order valence-electron chi connectivity index (χ1n) is 6.98. The van der Waals surface area contributed by atoms with Crippen LogP contribution in [0.3, 0.4) is 0 Å². The van der Waals surface area contributed by atoms with Gasteiger partial charge >= 0.3 is 0 Å². The summed E-state index contributed by atoms with van der Waals surface area (Å²) in [6, 6.07) is 11.0. The Hall–Kier alpha value is -1.58. The molecule has 1 N–H and O–H groups in total. The third kappa shape index (κ3) is 2.76. The molecule has 0 amide bonds. The van der Waals surface area contributed by atoms with Crippen molar-refractivity contribution in [1.82, 2.24) is 5.32 Å². The van der Waals surface area contributed by atoms with E-state index in [1.54, 1.807) is 12.1 Å². The van der Waals surface area contributed by atoms with E-state index in [1.807, 2.05) is 19.2 Å². The number of hydrogen-bond donors (Lipinski definition) is 1. The molecule has 0 spiro atoms. The number of fused-ring (bicyclic) bond motifs is 1. The summed E-state index contributed by atoms with van der Waals surface area (Å²) in [5.74, 6) is 0.489. The molecule has 3 rings (SSSR count). The Kier molecular flexibility index (Phi) is 3.87. The van der Waals surface area contributed by atoms with E-state index < -0.39 is 0 Å². The molecule has 2 aromatic rings. The number of aryl methyl sites for hydroxylation is 1. The summed E-state index contributed by atoms with van der Waals surface area (Å²) in [5, 5.41) is 3.69. The lowest BCUT2D eigenvalue weighted by molar-refractivity contribution is 0.150. The van der Waals surface area contributed by atoms with Crippen LogP contribution in [0.15, 0.2) is 36.4 Å². The maximum atomic E-state index is 14.1. The quantitative estimate of drug-likeness (QED) is 0.877. The van der Waals surface area contributed by atoms with Crippen LogP contribution in [-0.2, 0) is 0 Å². The highest BCUT2D eigenvalue weighted by Crippen LogP contribution is 2.41. The third-order valence-electron chi connectivity index (χ3n) is 3.92. The second kappa shape index (κ2) is 5.66. The summed E-state index contributed by atoms with van der Waals surface area (Å²) in [7, 11) is 1.91. The molecule has 1 aliphatic rings. The van der Waals surface area contributed by atoms with Gasteiger partial charge < -0.3 is 10.1 Å². The van der Waals surface area contributed by atoms with Gasteiger partial charge in [0.2, 0.25) is 0 Å². The minimum atomic E-state index is -0.321. The molecule has 0 saturated carbocycles. The zero-order valence-electron chi connectivity index (χ0n) is 12.0. The topological polar surface area (TPSA) is 21.3 Å². The van der Waals surface area contributed by atoms with Crippen molar-refractivity contribution in [1.29, 1.82) is 0 Å². The molecule has 2 unspecified atom stereocenters. The maximum absolute atomic E-state index is 14.1. The molecule has 1 heterocycles. The first kappa shape index (κ1) is 14.4. The highest BCUT2D eigenvalue weighted by atomic mass is 35.5. The summed E-state index contributed by atoms with van der Waals surface area (Å²) in [4.78, 5) is 0.